The number of nitro benzene ring substituents is 1. The third-order valence-corrected chi connectivity index (χ3v) is 2.14. The van der Waals surface area contributed by atoms with Crippen LogP contribution in [0.5, 0.6) is 0 Å². The maximum Gasteiger partial charge on any atom is 0.293 e. The van der Waals surface area contributed by atoms with E-state index >= 15 is 0 Å². The Balaban J connectivity index is 3.10. The molecule has 0 aliphatic rings. The van der Waals surface area contributed by atoms with Gasteiger partial charge in [0.15, 0.2) is 0 Å². The Morgan fingerprint density at radius 1 is 1.39 bits per heavy atom. The molecule has 0 aliphatic heterocycles. The number of anilines is 1. The van der Waals surface area contributed by atoms with E-state index in [0.29, 0.717) is 0 Å². The third-order valence-electron chi connectivity index (χ3n) is 2.14. The van der Waals surface area contributed by atoms with Crippen molar-refractivity contribution in [2.45, 2.75) is 6.10 Å². The van der Waals surface area contributed by atoms with Crippen LogP contribution in [0.15, 0.2) is 18.2 Å². The average molecular weight is 255 g/mol. The minimum Gasteiger partial charge on any atom is -0.382 e. The van der Waals surface area contributed by atoms with Crippen LogP contribution in [0.3, 0.4) is 0 Å². The second-order valence-corrected chi connectivity index (χ2v) is 3.33. The fourth-order valence-electron chi connectivity index (χ4n) is 1.34. The molecule has 9 heteroatoms. The maximum atomic E-state index is 10.7. The van der Waals surface area contributed by atoms with Crippen LogP contribution in [-0.2, 0) is 4.79 Å². The highest BCUT2D eigenvalue weighted by atomic mass is 16.6. The van der Waals surface area contributed by atoms with Gasteiger partial charge in [-0.05, 0) is 11.6 Å². The summed E-state index contributed by atoms with van der Waals surface area (Å²) in [6, 6.07) is 3.46. The molecular weight excluding hydrogens is 246 g/mol. The average Bonchev–Trinajstić information content (AvgIpc) is 2.28. The Bertz CT molecular complexity index is 489. The molecule has 0 spiro atoms. The molecule has 0 aliphatic carbocycles. The lowest BCUT2D eigenvalue weighted by molar-refractivity contribution is -0.491. The van der Waals surface area contributed by atoms with Gasteiger partial charge in [-0.2, -0.15) is 0 Å². The number of aliphatic hydroxyl groups is 1. The molecule has 0 saturated heterocycles. The van der Waals surface area contributed by atoms with E-state index in [0.717, 1.165) is 6.07 Å². The van der Waals surface area contributed by atoms with E-state index in [1.807, 2.05) is 0 Å². The van der Waals surface area contributed by atoms with Crippen LogP contribution in [0, 0.1) is 20.2 Å². The van der Waals surface area contributed by atoms with Gasteiger partial charge in [0.25, 0.3) is 5.69 Å². The summed E-state index contributed by atoms with van der Waals surface area (Å²) in [4.78, 5) is 29.7. The number of hydrogen-bond donors (Lipinski definition) is 2. The zero-order valence-corrected chi connectivity index (χ0v) is 8.98. The summed E-state index contributed by atoms with van der Waals surface area (Å²) < 4.78 is 0. The molecule has 96 valence electrons. The van der Waals surface area contributed by atoms with E-state index < -0.39 is 28.2 Å². The van der Waals surface area contributed by atoms with Gasteiger partial charge in [0, 0.05) is 11.0 Å². The normalized spacial score (nSPS) is 11.6. The van der Waals surface area contributed by atoms with Gasteiger partial charge in [0.1, 0.15) is 11.8 Å². The van der Waals surface area contributed by atoms with E-state index in [1.165, 1.54) is 12.1 Å². The molecule has 9 nitrogen and oxygen atoms in total. The standard InChI is InChI=1S/C9H9N3O6/c13-5-10-7-2-1-6(3-8(7)12(17)18)9(14)4-11(15)16/h1-3,5,9,14H,4H2,(H,10,13)/t9-/m1/s1. The molecule has 0 bridgehead atoms. The maximum absolute atomic E-state index is 10.7. The summed E-state index contributed by atoms with van der Waals surface area (Å²) in [5.74, 6) is 0. The van der Waals surface area contributed by atoms with Gasteiger partial charge in [-0.15, -0.1) is 0 Å². The first-order valence-corrected chi connectivity index (χ1v) is 4.74. The smallest absolute Gasteiger partial charge is 0.293 e. The van der Waals surface area contributed by atoms with Crippen molar-refractivity contribution in [2.24, 2.45) is 0 Å². The van der Waals surface area contributed by atoms with Crippen LogP contribution in [0.2, 0.25) is 0 Å². The van der Waals surface area contributed by atoms with Gasteiger partial charge in [-0.25, -0.2) is 0 Å². The third kappa shape index (κ3) is 3.22. The molecule has 0 unspecified atom stereocenters. The van der Waals surface area contributed by atoms with Crippen molar-refractivity contribution in [3.8, 4) is 0 Å². The molecule has 1 aromatic rings. The number of nitrogens with one attached hydrogen (secondary N) is 1. The summed E-state index contributed by atoms with van der Waals surface area (Å²) in [7, 11) is 0. The minimum atomic E-state index is -1.44. The van der Waals surface area contributed by atoms with E-state index in [2.05, 4.69) is 5.32 Å². The number of hydrogen-bond acceptors (Lipinski definition) is 6. The minimum absolute atomic E-state index is 0.0369. The molecule has 0 fully saturated rings. The number of carbonyl (C=O) groups excluding carboxylic acids is 1. The van der Waals surface area contributed by atoms with Crippen LogP contribution in [0.25, 0.3) is 0 Å². The predicted molar refractivity (Wildman–Crippen MR) is 59.6 cm³/mol. The molecule has 1 rings (SSSR count). The molecule has 2 N–H and O–H groups in total. The van der Waals surface area contributed by atoms with E-state index in [9.17, 15) is 30.1 Å². The molecule has 0 heterocycles. The molecule has 0 saturated carbocycles. The van der Waals surface area contributed by atoms with Crippen LogP contribution in [0.4, 0.5) is 11.4 Å². The molecule has 1 amide bonds. The van der Waals surface area contributed by atoms with Crippen LogP contribution >= 0.6 is 0 Å². The summed E-state index contributed by atoms with van der Waals surface area (Å²) >= 11 is 0. The van der Waals surface area contributed by atoms with Crippen molar-refractivity contribution in [3.63, 3.8) is 0 Å². The Kier molecular flexibility index (Phi) is 4.27. The molecule has 1 aromatic carbocycles. The van der Waals surface area contributed by atoms with E-state index in [4.69, 9.17) is 0 Å². The molecular formula is C9H9N3O6. The Morgan fingerprint density at radius 2 is 2.06 bits per heavy atom. The van der Waals surface area contributed by atoms with Gasteiger partial charge >= 0.3 is 0 Å². The fourth-order valence-corrected chi connectivity index (χ4v) is 1.34. The predicted octanol–water partition coefficient (Wildman–Crippen LogP) is 0.473. The summed E-state index contributed by atoms with van der Waals surface area (Å²) in [6.07, 6.45) is -1.17. The number of nitrogens with zero attached hydrogens (tertiary/aromatic N) is 2. The zero-order chi connectivity index (χ0) is 13.7. The number of aliphatic hydroxyl groups excluding tert-OH is 1. The monoisotopic (exact) mass is 255 g/mol. The van der Waals surface area contributed by atoms with Crippen LogP contribution in [-0.4, -0.2) is 27.9 Å². The van der Waals surface area contributed by atoms with Crippen molar-refractivity contribution in [1.82, 2.24) is 0 Å². The zero-order valence-electron chi connectivity index (χ0n) is 8.98. The van der Waals surface area contributed by atoms with E-state index in [-0.39, 0.29) is 17.7 Å². The van der Waals surface area contributed by atoms with Crippen molar-refractivity contribution < 1.29 is 19.7 Å². The summed E-state index contributed by atoms with van der Waals surface area (Å²) in [6.45, 7) is -0.752. The van der Waals surface area contributed by atoms with Gasteiger partial charge in [0.05, 0.1) is 4.92 Å². The Morgan fingerprint density at radius 3 is 2.56 bits per heavy atom. The summed E-state index contributed by atoms with van der Waals surface area (Å²) in [5, 5.41) is 32.5. The van der Waals surface area contributed by atoms with Crippen LogP contribution < -0.4 is 5.32 Å². The number of benzene rings is 1. The highest BCUT2D eigenvalue weighted by Gasteiger charge is 2.20. The molecule has 0 aromatic heterocycles. The number of amides is 1. The lowest BCUT2D eigenvalue weighted by atomic mass is 10.1. The largest absolute Gasteiger partial charge is 0.382 e. The topological polar surface area (TPSA) is 136 Å². The molecule has 0 radical (unpaired) electrons. The summed E-state index contributed by atoms with van der Waals surface area (Å²) in [5.41, 5.74) is -0.455. The lowest BCUT2D eigenvalue weighted by Crippen LogP contribution is -2.12. The lowest BCUT2D eigenvalue weighted by Gasteiger charge is -2.08. The highest BCUT2D eigenvalue weighted by molar-refractivity contribution is 5.77. The van der Waals surface area contributed by atoms with Gasteiger partial charge in [-0.1, -0.05) is 6.07 Å². The SMILES string of the molecule is O=CNc1ccc([C@H](O)C[N+](=O)[O-])cc1[N+](=O)[O-]. The van der Waals surface area contributed by atoms with Gasteiger partial charge in [0.2, 0.25) is 13.0 Å². The number of carbonyl (C=O) groups is 1. The Hall–Kier alpha value is -2.55. The molecule has 18 heavy (non-hydrogen) atoms. The second-order valence-electron chi connectivity index (χ2n) is 3.33. The Labute approximate surface area is 100 Å². The number of rotatable bonds is 6. The van der Waals surface area contributed by atoms with Crippen molar-refractivity contribution in [2.75, 3.05) is 11.9 Å². The van der Waals surface area contributed by atoms with Gasteiger partial charge in [-0.3, -0.25) is 25.0 Å². The fraction of sp³-hybridized carbons (Fsp3) is 0.222. The van der Waals surface area contributed by atoms with Crippen molar-refractivity contribution >= 4 is 17.8 Å². The van der Waals surface area contributed by atoms with Crippen molar-refractivity contribution in [1.29, 1.82) is 0 Å². The van der Waals surface area contributed by atoms with Crippen LogP contribution in [0.1, 0.15) is 11.7 Å². The first kappa shape index (κ1) is 13.5. The van der Waals surface area contributed by atoms with Crippen molar-refractivity contribution in [3.05, 3.63) is 44.0 Å². The van der Waals surface area contributed by atoms with Gasteiger partial charge < -0.3 is 10.4 Å². The van der Waals surface area contributed by atoms with E-state index in [1.54, 1.807) is 0 Å². The quantitative estimate of drug-likeness (QED) is 0.431. The molecule has 1 atom stereocenters. The first-order chi connectivity index (χ1) is 8.45. The first-order valence-electron chi connectivity index (χ1n) is 4.74. The number of nitro groups is 2. The highest BCUT2D eigenvalue weighted by Crippen LogP contribution is 2.27. The second kappa shape index (κ2) is 5.68.